The zero-order valence-electron chi connectivity index (χ0n) is 12.5. The molecule has 1 aromatic rings. The van der Waals surface area contributed by atoms with E-state index in [9.17, 15) is 0 Å². The Labute approximate surface area is 116 Å². The van der Waals surface area contributed by atoms with Crippen molar-refractivity contribution in [1.82, 2.24) is 9.97 Å². The van der Waals surface area contributed by atoms with Crippen LogP contribution < -0.4 is 15.8 Å². The van der Waals surface area contributed by atoms with E-state index in [2.05, 4.69) is 36.1 Å². The number of aromatic nitrogens is 2. The van der Waals surface area contributed by atoms with Crippen molar-refractivity contribution in [2.75, 3.05) is 24.7 Å². The lowest BCUT2D eigenvalue weighted by Crippen LogP contribution is -2.12. The average molecular weight is 266 g/mol. The van der Waals surface area contributed by atoms with Crippen LogP contribution in [0.1, 0.15) is 45.9 Å². The Morgan fingerprint density at radius 2 is 2.00 bits per heavy atom. The highest BCUT2D eigenvalue weighted by atomic mass is 16.5. The second-order valence-corrected chi connectivity index (χ2v) is 5.14. The maximum Gasteiger partial charge on any atom is 0.242 e. The molecule has 0 aliphatic carbocycles. The third-order valence-corrected chi connectivity index (χ3v) is 2.81. The van der Waals surface area contributed by atoms with Gasteiger partial charge in [0, 0.05) is 13.0 Å². The van der Waals surface area contributed by atoms with Gasteiger partial charge in [0.2, 0.25) is 5.88 Å². The van der Waals surface area contributed by atoms with Gasteiger partial charge in [0.25, 0.3) is 0 Å². The molecule has 0 radical (unpaired) electrons. The van der Waals surface area contributed by atoms with E-state index in [1.807, 2.05) is 0 Å². The number of hydrogen-bond acceptors (Lipinski definition) is 5. The van der Waals surface area contributed by atoms with E-state index in [-0.39, 0.29) is 0 Å². The van der Waals surface area contributed by atoms with Crippen LogP contribution in [0.25, 0.3) is 0 Å². The number of methoxy groups -OCH3 is 1. The first-order valence-electron chi connectivity index (χ1n) is 7.02. The van der Waals surface area contributed by atoms with Gasteiger partial charge in [-0.25, -0.2) is 4.98 Å². The molecule has 0 spiro atoms. The van der Waals surface area contributed by atoms with Gasteiger partial charge in [-0.05, 0) is 12.3 Å². The molecule has 5 heteroatoms. The predicted molar refractivity (Wildman–Crippen MR) is 79.6 cm³/mol. The summed E-state index contributed by atoms with van der Waals surface area (Å²) >= 11 is 0. The Morgan fingerprint density at radius 3 is 2.58 bits per heavy atom. The highest BCUT2D eigenvalue weighted by Gasteiger charge is 2.12. The van der Waals surface area contributed by atoms with E-state index >= 15 is 0 Å². The van der Waals surface area contributed by atoms with E-state index in [0.717, 1.165) is 25.2 Å². The molecule has 1 rings (SSSR count). The van der Waals surface area contributed by atoms with Gasteiger partial charge in [0.15, 0.2) is 5.82 Å². The molecule has 1 aromatic heterocycles. The van der Waals surface area contributed by atoms with Gasteiger partial charge in [-0.2, -0.15) is 4.98 Å². The molecular weight excluding hydrogens is 240 g/mol. The summed E-state index contributed by atoms with van der Waals surface area (Å²) in [7, 11) is 1.58. The third kappa shape index (κ3) is 4.93. The minimum atomic E-state index is 0.462. The fraction of sp³-hybridized carbons (Fsp3) is 0.714. The number of hydrogen-bond donors (Lipinski definition) is 2. The fourth-order valence-electron chi connectivity index (χ4n) is 1.82. The van der Waals surface area contributed by atoms with Crippen molar-refractivity contribution in [3.63, 3.8) is 0 Å². The van der Waals surface area contributed by atoms with Crippen LogP contribution in [-0.2, 0) is 6.42 Å². The lowest BCUT2D eigenvalue weighted by Gasteiger charge is -2.13. The van der Waals surface area contributed by atoms with Crippen molar-refractivity contribution in [2.45, 2.75) is 46.5 Å². The van der Waals surface area contributed by atoms with Gasteiger partial charge in [0.1, 0.15) is 11.5 Å². The summed E-state index contributed by atoms with van der Waals surface area (Å²) in [5.74, 6) is 2.43. The largest absolute Gasteiger partial charge is 0.479 e. The highest BCUT2D eigenvalue weighted by Crippen LogP contribution is 2.26. The molecule has 0 unspecified atom stereocenters. The molecule has 0 aromatic carbocycles. The number of anilines is 2. The van der Waals surface area contributed by atoms with Crippen LogP contribution in [0.5, 0.6) is 5.88 Å². The van der Waals surface area contributed by atoms with Gasteiger partial charge in [-0.15, -0.1) is 0 Å². The topological polar surface area (TPSA) is 73.1 Å². The Morgan fingerprint density at radius 1 is 1.26 bits per heavy atom. The lowest BCUT2D eigenvalue weighted by molar-refractivity contribution is 0.396. The van der Waals surface area contributed by atoms with Gasteiger partial charge in [0.05, 0.1) is 7.11 Å². The molecule has 1 heterocycles. The number of nitrogen functional groups attached to an aromatic ring is 1. The van der Waals surface area contributed by atoms with Crippen molar-refractivity contribution < 1.29 is 4.74 Å². The first-order chi connectivity index (χ1) is 9.08. The Balaban J connectivity index is 2.81. The standard InChI is InChI=1S/C14H26N4O/c1-5-6-7-8-16-13-12(15)14(19-4)18-11(17-13)9-10(2)3/h10H,5-9,15H2,1-4H3,(H,16,17,18). The van der Waals surface area contributed by atoms with Gasteiger partial charge in [-0.3, -0.25) is 0 Å². The smallest absolute Gasteiger partial charge is 0.242 e. The first-order valence-corrected chi connectivity index (χ1v) is 7.02. The molecule has 3 N–H and O–H groups in total. The maximum atomic E-state index is 6.00. The van der Waals surface area contributed by atoms with Crippen LogP contribution in [-0.4, -0.2) is 23.6 Å². The zero-order chi connectivity index (χ0) is 14.3. The second-order valence-electron chi connectivity index (χ2n) is 5.14. The summed E-state index contributed by atoms with van der Waals surface area (Å²) < 4.78 is 5.22. The predicted octanol–water partition coefficient (Wildman–Crippen LogP) is 2.87. The molecule has 0 saturated carbocycles. The molecule has 0 amide bonds. The number of rotatable bonds is 8. The maximum absolute atomic E-state index is 6.00. The average Bonchev–Trinajstić information content (AvgIpc) is 2.37. The zero-order valence-corrected chi connectivity index (χ0v) is 12.5. The highest BCUT2D eigenvalue weighted by molar-refractivity contribution is 5.66. The normalized spacial score (nSPS) is 10.8. The van der Waals surface area contributed by atoms with Crippen molar-refractivity contribution in [2.24, 2.45) is 5.92 Å². The molecule has 0 fully saturated rings. The Bertz CT molecular complexity index is 393. The first kappa shape index (κ1) is 15.5. The lowest BCUT2D eigenvalue weighted by atomic mass is 10.1. The van der Waals surface area contributed by atoms with Crippen molar-refractivity contribution >= 4 is 11.5 Å². The number of nitrogens with one attached hydrogen (secondary N) is 1. The van der Waals surface area contributed by atoms with Crippen LogP contribution in [0.3, 0.4) is 0 Å². The molecular formula is C14H26N4O. The monoisotopic (exact) mass is 266 g/mol. The number of nitrogens with two attached hydrogens (primary N) is 1. The van der Waals surface area contributed by atoms with Crippen molar-refractivity contribution in [1.29, 1.82) is 0 Å². The van der Waals surface area contributed by atoms with E-state index in [1.165, 1.54) is 12.8 Å². The molecule has 0 aliphatic heterocycles. The Hall–Kier alpha value is -1.52. The van der Waals surface area contributed by atoms with Crippen molar-refractivity contribution in [3.8, 4) is 5.88 Å². The SMILES string of the molecule is CCCCCNc1nc(CC(C)C)nc(OC)c1N. The summed E-state index contributed by atoms with van der Waals surface area (Å²) in [6.07, 6.45) is 4.33. The molecule has 0 saturated heterocycles. The third-order valence-electron chi connectivity index (χ3n) is 2.81. The molecule has 0 aliphatic rings. The summed E-state index contributed by atoms with van der Waals surface area (Å²) in [5, 5.41) is 3.28. The summed E-state index contributed by atoms with van der Waals surface area (Å²) in [4.78, 5) is 8.83. The van der Waals surface area contributed by atoms with E-state index in [1.54, 1.807) is 7.11 Å². The number of ether oxygens (including phenoxy) is 1. The van der Waals surface area contributed by atoms with Crippen LogP contribution in [0.4, 0.5) is 11.5 Å². The van der Waals surface area contributed by atoms with Crippen LogP contribution in [0, 0.1) is 5.92 Å². The minimum absolute atomic E-state index is 0.462. The fourth-order valence-corrected chi connectivity index (χ4v) is 1.82. The molecule has 0 bridgehead atoms. The minimum Gasteiger partial charge on any atom is -0.479 e. The van der Waals surface area contributed by atoms with E-state index in [0.29, 0.717) is 23.3 Å². The molecule has 5 nitrogen and oxygen atoms in total. The van der Waals surface area contributed by atoms with Gasteiger partial charge in [-0.1, -0.05) is 33.6 Å². The van der Waals surface area contributed by atoms with E-state index < -0.39 is 0 Å². The second kappa shape index (κ2) is 7.81. The summed E-state index contributed by atoms with van der Waals surface area (Å²) in [6, 6.07) is 0. The molecule has 108 valence electrons. The van der Waals surface area contributed by atoms with Crippen LogP contribution >= 0.6 is 0 Å². The quantitative estimate of drug-likeness (QED) is 0.708. The molecule has 19 heavy (non-hydrogen) atoms. The summed E-state index contributed by atoms with van der Waals surface area (Å²) in [5.41, 5.74) is 6.49. The van der Waals surface area contributed by atoms with Gasteiger partial charge >= 0.3 is 0 Å². The number of unbranched alkanes of at least 4 members (excludes halogenated alkanes) is 2. The summed E-state index contributed by atoms with van der Waals surface area (Å²) in [6.45, 7) is 7.34. The van der Waals surface area contributed by atoms with Crippen molar-refractivity contribution in [3.05, 3.63) is 5.82 Å². The van der Waals surface area contributed by atoms with Crippen LogP contribution in [0.2, 0.25) is 0 Å². The molecule has 0 atom stereocenters. The van der Waals surface area contributed by atoms with Crippen LogP contribution in [0.15, 0.2) is 0 Å². The van der Waals surface area contributed by atoms with E-state index in [4.69, 9.17) is 10.5 Å². The number of nitrogens with zero attached hydrogens (tertiary/aromatic N) is 2. The Kier molecular flexibility index (Phi) is 6.39. The van der Waals surface area contributed by atoms with Gasteiger partial charge < -0.3 is 15.8 Å².